The molecule has 36 heavy (non-hydrogen) atoms. The number of ether oxygens (including phenoxy) is 2. The van der Waals surface area contributed by atoms with Crippen LogP contribution in [0.2, 0.25) is 0 Å². The van der Waals surface area contributed by atoms with Gasteiger partial charge in [0, 0.05) is 28.8 Å². The van der Waals surface area contributed by atoms with Gasteiger partial charge in [-0.3, -0.25) is 4.68 Å². The van der Waals surface area contributed by atoms with E-state index in [0.29, 0.717) is 13.2 Å². The maximum atomic E-state index is 6.23. The van der Waals surface area contributed by atoms with Crippen LogP contribution in [0.15, 0.2) is 66.7 Å². The monoisotopic (exact) mass is 484 g/mol. The average molecular weight is 485 g/mol. The highest BCUT2D eigenvalue weighted by atomic mass is 16.7. The number of hydrogen-bond donors (Lipinski definition) is 1. The quantitative estimate of drug-likeness (QED) is 0.263. The minimum absolute atomic E-state index is 0.0197. The van der Waals surface area contributed by atoms with E-state index in [9.17, 15) is 0 Å². The number of nitrogens with one attached hydrogen (secondary N) is 1. The summed E-state index contributed by atoms with van der Waals surface area (Å²) in [5.74, 6) is 0.722. The van der Waals surface area contributed by atoms with Crippen LogP contribution < -0.4 is 0 Å². The van der Waals surface area contributed by atoms with Crippen molar-refractivity contribution < 1.29 is 9.47 Å². The number of rotatable bonds is 9. The van der Waals surface area contributed by atoms with Gasteiger partial charge in [0.05, 0.1) is 30.3 Å². The fourth-order valence-corrected chi connectivity index (χ4v) is 4.96. The molecular formula is C30H36N4O2. The lowest BCUT2D eigenvalue weighted by atomic mass is 9.86. The number of benzene rings is 2. The highest BCUT2D eigenvalue weighted by Crippen LogP contribution is 2.37. The van der Waals surface area contributed by atoms with Crippen molar-refractivity contribution in [2.75, 3.05) is 13.2 Å². The van der Waals surface area contributed by atoms with Gasteiger partial charge in [-0.25, -0.2) is 4.98 Å². The normalized spacial score (nSPS) is 20.0. The van der Waals surface area contributed by atoms with Crippen LogP contribution in [0.25, 0.3) is 22.5 Å². The summed E-state index contributed by atoms with van der Waals surface area (Å²) in [6, 6.07) is 22.7. The third-order valence-corrected chi connectivity index (χ3v) is 6.98. The van der Waals surface area contributed by atoms with Gasteiger partial charge < -0.3 is 14.5 Å². The third kappa shape index (κ3) is 5.61. The van der Waals surface area contributed by atoms with Crippen molar-refractivity contribution in [3.05, 3.63) is 83.9 Å². The van der Waals surface area contributed by atoms with Crippen molar-refractivity contribution in [2.45, 2.75) is 59.3 Å². The molecule has 0 atom stereocenters. The predicted octanol–water partition coefficient (Wildman–Crippen LogP) is 6.87. The molecule has 0 bridgehead atoms. The lowest BCUT2D eigenvalue weighted by Crippen LogP contribution is -2.36. The van der Waals surface area contributed by atoms with E-state index in [-0.39, 0.29) is 5.41 Å². The Hall–Kier alpha value is -3.22. The van der Waals surface area contributed by atoms with Gasteiger partial charge in [-0.15, -0.1) is 0 Å². The van der Waals surface area contributed by atoms with E-state index in [0.717, 1.165) is 59.8 Å². The lowest BCUT2D eigenvalue weighted by Gasteiger charge is -2.36. The molecule has 0 aliphatic carbocycles. The number of hydrogen-bond acceptors (Lipinski definition) is 4. The van der Waals surface area contributed by atoms with Gasteiger partial charge in [0.25, 0.3) is 0 Å². The van der Waals surface area contributed by atoms with Crippen LogP contribution in [0.4, 0.5) is 0 Å². The molecule has 2 aromatic carbocycles. The number of unbranched alkanes of at least 4 members (excludes halogenated alkanes) is 2. The van der Waals surface area contributed by atoms with Crippen molar-refractivity contribution >= 4 is 0 Å². The molecule has 0 unspecified atom stereocenters. The Bertz CT molecular complexity index is 1200. The smallest absolute Gasteiger partial charge is 0.217 e. The third-order valence-electron chi connectivity index (χ3n) is 6.98. The van der Waals surface area contributed by atoms with E-state index < -0.39 is 6.29 Å². The predicted molar refractivity (Wildman–Crippen MR) is 142 cm³/mol. The Morgan fingerprint density at radius 1 is 0.917 bits per heavy atom. The highest BCUT2D eigenvalue weighted by Gasteiger charge is 2.34. The summed E-state index contributed by atoms with van der Waals surface area (Å²) in [5, 5.41) is 4.56. The second-order valence-corrected chi connectivity index (χ2v) is 10.3. The average Bonchev–Trinajstić information content (AvgIpc) is 3.48. The van der Waals surface area contributed by atoms with Crippen LogP contribution in [0.1, 0.15) is 56.1 Å². The molecule has 6 nitrogen and oxygen atoms in total. The minimum Gasteiger partial charge on any atom is -0.345 e. The van der Waals surface area contributed by atoms with Crippen LogP contribution in [0.3, 0.4) is 0 Å². The summed E-state index contributed by atoms with van der Waals surface area (Å²) in [6.07, 6.45) is 4.07. The Balaban J connectivity index is 1.19. The van der Waals surface area contributed by atoms with Crippen molar-refractivity contribution in [3.8, 4) is 22.5 Å². The van der Waals surface area contributed by atoms with Gasteiger partial charge in [0.1, 0.15) is 0 Å². The number of aromatic nitrogens is 4. The van der Waals surface area contributed by atoms with Crippen LogP contribution in [0.5, 0.6) is 0 Å². The molecule has 0 radical (unpaired) electrons. The van der Waals surface area contributed by atoms with Gasteiger partial charge in [0.2, 0.25) is 6.29 Å². The van der Waals surface area contributed by atoms with E-state index in [1.807, 2.05) is 43.3 Å². The van der Waals surface area contributed by atoms with Crippen molar-refractivity contribution in [1.82, 2.24) is 19.7 Å². The molecule has 0 saturated carbocycles. The molecule has 2 aromatic heterocycles. The highest BCUT2D eigenvalue weighted by molar-refractivity contribution is 5.78. The first-order chi connectivity index (χ1) is 17.5. The summed E-state index contributed by atoms with van der Waals surface area (Å²) in [4.78, 5) is 8.44. The van der Waals surface area contributed by atoms with Gasteiger partial charge in [-0.05, 0) is 32.8 Å². The standard InChI is InChI=1S/C30H36N4O2/c1-22-19-23(2)34(33-22)18-12-6-11-17-30(3)20-35-29(36-21-30)28-31-26(24-13-7-4-8-14-24)27(32-28)25-15-9-5-10-16-25/h4-5,7-10,13-16,19,29H,6,11-12,17-18,20-21H2,1-3H3,(H,31,32)/t29-,30-. The first kappa shape index (κ1) is 24.5. The number of nitrogens with zero attached hydrogens (tertiary/aromatic N) is 3. The Labute approximate surface area is 213 Å². The van der Waals surface area contributed by atoms with Crippen LogP contribution in [-0.2, 0) is 16.0 Å². The molecule has 1 fully saturated rings. The zero-order chi connectivity index (χ0) is 25.0. The Morgan fingerprint density at radius 2 is 1.58 bits per heavy atom. The molecule has 3 heterocycles. The minimum atomic E-state index is -0.482. The maximum absolute atomic E-state index is 6.23. The summed E-state index contributed by atoms with van der Waals surface area (Å²) in [6.45, 7) is 8.75. The summed E-state index contributed by atoms with van der Waals surface area (Å²) in [5.41, 5.74) is 6.42. The topological polar surface area (TPSA) is 65.0 Å². The van der Waals surface area contributed by atoms with Crippen LogP contribution in [-0.4, -0.2) is 33.0 Å². The molecule has 1 saturated heterocycles. The molecular weight excluding hydrogens is 448 g/mol. The second kappa shape index (κ2) is 10.8. The zero-order valence-electron chi connectivity index (χ0n) is 21.5. The Kier molecular flexibility index (Phi) is 7.35. The fourth-order valence-electron chi connectivity index (χ4n) is 4.96. The first-order valence-corrected chi connectivity index (χ1v) is 13.0. The number of H-pyrrole nitrogens is 1. The number of aryl methyl sites for hydroxylation is 3. The molecule has 1 aliphatic rings. The van der Waals surface area contributed by atoms with Crippen LogP contribution in [0, 0.1) is 19.3 Å². The van der Waals surface area contributed by atoms with Crippen molar-refractivity contribution in [3.63, 3.8) is 0 Å². The molecule has 1 aliphatic heterocycles. The van der Waals surface area contributed by atoms with Crippen molar-refractivity contribution in [2.24, 2.45) is 5.41 Å². The van der Waals surface area contributed by atoms with E-state index in [2.05, 4.69) is 58.9 Å². The van der Waals surface area contributed by atoms with E-state index >= 15 is 0 Å². The zero-order valence-corrected chi connectivity index (χ0v) is 21.5. The molecule has 6 heteroatoms. The van der Waals surface area contributed by atoms with Gasteiger partial charge in [-0.1, -0.05) is 80.4 Å². The molecule has 0 amide bonds. The molecule has 0 spiro atoms. The van der Waals surface area contributed by atoms with E-state index in [4.69, 9.17) is 14.5 Å². The van der Waals surface area contributed by atoms with Gasteiger partial charge >= 0.3 is 0 Å². The molecule has 4 aromatic rings. The number of imidazole rings is 1. The summed E-state index contributed by atoms with van der Waals surface area (Å²) in [7, 11) is 0. The largest absolute Gasteiger partial charge is 0.345 e. The van der Waals surface area contributed by atoms with Gasteiger partial charge in [-0.2, -0.15) is 5.10 Å². The van der Waals surface area contributed by atoms with E-state index in [1.165, 1.54) is 12.1 Å². The fraction of sp³-hybridized carbons (Fsp3) is 0.400. The molecule has 188 valence electrons. The lowest BCUT2D eigenvalue weighted by molar-refractivity contribution is -0.235. The molecule has 1 N–H and O–H groups in total. The van der Waals surface area contributed by atoms with Gasteiger partial charge in [0.15, 0.2) is 5.82 Å². The maximum Gasteiger partial charge on any atom is 0.217 e. The second-order valence-electron chi connectivity index (χ2n) is 10.3. The van der Waals surface area contributed by atoms with Crippen molar-refractivity contribution in [1.29, 1.82) is 0 Å². The number of aromatic amines is 1. The summed E-state index contributed by atoms with van der Waals surface area (Å²) >= 11 is 0. The SMILES string of the molecule is Cc1cc(C)n(CCCCC[C@]2(C)CO[C@@H](c3nc(-c4ccccc4)c(-c4ccccc4)[nH]3)OC2)n1. The van der Waals surface area contributed by atoms with Crippen LogP contribution >= 0.6 is 0 Å². The summed E-state index contributed by atoms with van der Waals surface area (Å²) < 4.78 is 14.6. The molecule has 5 rings (SSSR count). The first-order valence-electron chi connectivity index (χ1n) is 13.0. The van der Waals surface area contributed by atoms with E-state index in [1.54, 1.807) is 0 Å². The Morgan fingerprint density at radius 3 is 2.22 bits per heavy atom.